The van der Waals surface area contributed by atoms with Crippen LogP contribution in [0.4, 0.5) is 0 Å². The normalized spacial score (nSPS) is 12.9. The van der Waals surface area contributed by atoms with E-state index in [0.29, 0.717) is 14.2 Å². The van der Waals surface area contributed by atoms with Crippen LogP contribution in [0.25, 0.3) is 0 Å². The Balaban J connectivity index is 2.90. The summed E-state index contributed by atoms with van der Waals surface area (Å²) in [6, 6.07) is 0.174. The third kappa shape index (κ3) is 8.01. The molecule has 0 saturated carbocycles. The van der Waals surface area contributed by atoms with E-state index in [4.69, 9.17) is 16.1 Å². The van der Waals surface area contributed by atoms with Gasteiger partial charge in [0.25, 0.3) is 0 Å². The molecule has 0 aliphatic rings. The Bertz CT molecular complexity index is 94.7. The first-order valence-electron chi connectivity index (χ1n) is 4.46. The molecule has 0 radical (unpaired) electrons. The van der Waals surface area contributed by atoms with Crippen molar-refractivity contribution in [3.63, 3.8) is 0 Å². The number of rotatable bonds is 8. The van der Waals surface area contributed by atoms with Gasteiger partial charge in [-0.15, -0.1) is 0 Å². The fraction of sp³-hybridized carbons (Fsp3) is 1.00. The van der Waals surface area contributed by atoms with Gasteiger partial charge in [-0.05, 0) is 19.4 Å². The number of unbranched alkanes of at least 4 members (excludes halogenated alkanes) is 1. The number of hydrogen-bond donors (Lipinski definition) is 3. The lowest BCUT2D eigenvalue weighted by Crippen LogP contribution is -2.29. The predicted octanol–water partition coefficient (Wildman–Crippen LogP) is -1.05. The first kappa shape index (κ1) is 11.9. The summed E-state index contributed by atoms with van der Waals surface area (Å²) in [4.78, 5) is 0. The molecule has 0 amide bonds. The van der Waals surface area contributed by atoms with E-state index in [-0.39, 0.29) is 6.04 Å². The van der Waals surface area contributed by atoms with Crippen LogP contribution in [-0.4, -0.2) is 33.9 Å². The van der Waals surface area contributed by atoms with Crippen molar-refractivity contribution in [2.45, 2.75) is 25.3 Å². The largest absolute Gasteiger partial charge is 0.427 e. The number of nitrogens with two attached hydrogens (primary N) is 2. The van der Waals surface area contributed by atoms with Crippen LogP contribution in [-0.2, 0) is 4.65 Å². The number of hydrogen-bond acceptors (Lipinski definition) is 4. The second-order valence-corrected chi connectivity index (χ2v) is 2.92. The van der Waals surface area contributed by atoms with Crippen LogP contribution in [0.2, 0.25) is 0 Å². The average molecular weight is 173 g/mol. The van der Waals surface area contributed by atoms with Gasteiger partial charge in [-0.2, -0.15) is 0 Å². The summed E-state index contributed by atoms with van der Waals surface area (Å²) in [6.45, 7) is 1.58. The minimum Gasteiger partial charge on any atom is -0.427 e. The fourth-order valence-corrected chi connectivity index (χ4v) is 0.949. The fourth-order valence-electron chi connectivity index (χ4n) is 0.949. The Morgan fingerprint density at radius 2 is 2.25 bits per heavy atom. The van der Waals surface area contributed by atoms with Crippen molar-refractivity contribution in [3.05, 3.63) is 0 Å². The SMILES string of the molecule is COBNCCCCC(N)CN. The summed E-state index contributed by atoms with van der Waals surface area (Å²) in [7, 11) is 2.31. The van der Waals surface area contributed by atoms with Crippen LogP contribution in [0.3, 0.4) is 0 Å². The second-order valence-electron chi connectivity index (χ2n) is 2.92. The zero-order valence-electron chi connectivity index (χ0n) is 7.88. The van der Waals surface area contributed by atoms with Crippen molar-refractivity contribution in [1.82, 2.24) is 5.23 Å². The van der Waals surface area contributed by atoms with Crippen molar-refractivity contribution >= 4 is 7.62 Å². The third-order valence-electron chi connectivity index (χ3n) is 1.73. The molecule has 72 valence electrons. The van der Waals surface area contributed by atoms with Gasteiger partial charge in [0.15, 0.2) is 0 Å². The maximum Gasteiger partial charge on any atom is 0.360 e. The van der Waals surface area contributed by atoms with Gasteiger partial charge in [0.1, 0.15) is 0 Å². The highest BCUT2D eigenvalue weighted by Crippen LogP contribution is 1.96. The maximum absolute atomic E-state index is 5.64. The van der Waals surface area contributed by atoms with Gasteiger partial charge in [0.2, 0.25) is 0 Å². The van der Waals surface area contributed by atoms with Crippen molar-refractivity contribution in [1.29, 1.82) is 0 Å². The van der Waals surface area contributed by atoms with Crippen LogP contribution < -0.4 is 16.7 Å². The van der Waals surface area contributed by atoms with E-state index in [1.807, 2.05) is 0 Å². The maximum atomic E-state index is 5.64. The van der Waals surface area contributed by atoms with E-state index in [2.05, 4.69) is 5.23 Å². The molecule has 12 heavy (non-hydrogen) atoms. The van der Waals surface area contributed by atoms with E-state index in [1.165, 1.54) is 0 Å². The molecule has 0 aliphatic carbocycles. The van der Waals surface area contributed by atoms with Crippen LogP contribution in [0.15, 0.2) is 0 Å². The molecule has 0 rings (SSSR count). The van der Waals surface area contributed by atoms with E-state index >= 15 is 0 Å². The van der Waals surface area contributed by atoms with Crippen LogP contribution in [0, 0.1) is 0 Å². The van der Waals surface area contributed by atoms with Crippen LogP contribution in [0.1, 0.15) is 19.3 Å². The summed E-state index contributed by atoms with van der Waals surface area (Å²) < 4.78 is 4.83. The number of nitrogens with one attached hydrogen (secondary N) is 1. The van der Waals surface area contributed by atoms with Crippen molar-refractivity contribution in [2.75, 3.05) is 20.2 Å². The summed E-state index contributed by atoms with van der Waals surface area (Å²) in [6.07, 6.45) is 3.29. The van der Waals surface area contributed by atoms with Gasteiger partial charge >= 0.3 is 7.62 Å². The topological polar surface area (TPSA) is 73.3 Å². The Morgan fingerprint density at radius 1 is 1.50 bits per heavy atom. The van der Waals surface area contributed by atoms with Gasteiger partial charge in [-0.25, -0.2) is 0 Å². The molecule has 0 aromatic heterocycles. The molecule has 0 aliphatic heterocycles. The highest BCUT2D eigenvalue weighted by molar-refractivity contribution is 6.23. The Hall–Kier alpha value is -0.0951. The summed E-state index contributed by atoms with van der Waals surface area (Å²) >= 11 is 0. The van der Waals surface area contributed by atoms with Crippen LogP contribution >= 0.6 is 0 Å². The molecule has 0 aromatic carbocycles. The standard InChI is InChI=1S/C7H20BN3O/c1-12-8-11-5-3-2-4-7(10)6-9/h7-8,11H,2-6,9-10H2,1H3. The molecular weight excluding hydrogens is 153 g/mol. The van der Waals surface area contributed by atoms with Crippen molar-refractivity contribution < 1.29 is 4.65 Å². The summed E-state index contributed by atoms with van der Waals surface area (Å²) in [5, 5.41) is 3.13. The lowest BCUT2D eigenvalue weighted by Gasteiger charge is -2.07. The van der Waals surface area contributed by atoms with Crippen molar-refractivity contribution in [2.24, 2.45) is 11.5 Å². The van der Waals surface area contributed by atoms with Gasteiger partial charge in [0, 0.05) is 19.7 Å². The third-order valence-corrected chi connectivity index (χ3v) is 1.73. The molecule has 0 heterocycles. The predicted molar refractivity (Wildman–Crippen MR) is 53.0 cm³/mol. The summed E-state index contributed by atoms with van der Waals surface area (Å²) in [5.41, 5.74) is 11.0. The minimum atomic E-state index is 0.174. The Kier molecular flexibility index (Phi) is 8.93. The average Bonchev–Trinajstić information content (AvgIpc) is 2.10. The van der Waals surface area contributed by atoms with Gasteiger partial charge in [-0.3, -0.25) is 0 Å². The molecule has 5 heteroatoms. The molecule has 0 aromatic rings. The Labute approximate surface area is 75.3 Å². The zero-order valence-corrected chi connectivity index (χ0v) is 7.88. The summed E-state index contributed by atoms with van der Waals surface area (Å²) in [5.74, 6) is 0. The molecule has 0 bridgehead atoms. The van der Waals surface area contributed by atoms with E-state index in [0.717, 1.165) is 25.8 Å². The van der Waals surface area contributed by atoms with Crippen molar-refractivity contribution in [3.8, 4) is 0 Å². The highest BCUT2D eigenvalue weighted by Gasteiger charge is 1.97. The van der Waals surface area contributed by atoms with E-state index in [9.17, 15) is 0 Å². The first-order valence-corrected chi connectivity index (χ1v) is 4.46. The van der Waals surface area contributed by atoms with Gasteiger partial charge in [-0.1, -0.05) is 6.42 Å². The minimum absolute atomic E-state index is 0.174. The highest BCUT2D eigenvalue weighted by atomic mass is 16.4. The zero-order chi connectivity index (χ0) is 9.23. The smallest absolute Gasteiger partial charge is 0.360 e. The first-order chi connectivity index (χ1) is 5.81. The molecule has 1 unspecified atom stereocenters. The monoisotopic (exact) mass is 173 g/mol. The van der Waals surface area contributed by atoms with Gasteiger partial charge in [0.05, 0.1) is 0 Å². The van der Waals surface area contributed by atoms with Gasteiger partial charge < -0.3 is 21.3 Å². The molecule has 0 spiro atoms. The Morgan fingerprint density at radius 3 is 2.83 bits per heavy atom. The van der Waals surface area contributed by atoms with Crippen LogP contribution in [0.5, 0.6) is 0 Å². The molecule has 0 saturated heterocycles. The lowest BCUT2D eigenvalue weighted by molar-refractivity contribution is 0.429. The van der Waals surface area contributed by atoms with E-state index in [1.54, 1.807) is 7.11 Å². The molecular formula is C7H20BN3O. The molecule has 0 fully saturated rings. The lowest BCUT2D eigenvalue weighted by atomic mass is 10.1. The van der Waals surface area contributed by atoms with E-state index < -0.39 is 0 Å². The molecule has 1 atom stereocenters. The quantitative estimate of drug-likeness (QED) is 0.323. The molecule has 4 nitrogen and oxygen atoms in total. The second kappa shape index (κ2) is 9.00. The molecule has 5 N–H and O–H groups in total.